The average Bonchev–Trinajstić information content (AvgIpc) is 3.18. The number of nitrogens with zero attached hydrogens (tertiary/aromatic N) is 3. The van der Waals surface area contributed by atoms with Gasteiger partial charge in [0.1, 0.15) is 5.25 Å². The molecule has 0 radical (unpaired) electrons. The summed E-state index contributed by atoms with van der Waals surface area (Å²) in [6.45, 7) is 9.42. The normalized spacial score (nSPS) is 12.0. The SMILES string of the molecule is CCN(CC)C(=O)[C@H](Sc1nnc(-c2ccc(C)c(C)c2)o1)c1ccccc1. The molecule has 6 heteroatoms. The number of aromatic nitrogens is 2. The van der Waals surface area contributed by atoms with Crippen molar-refractivity contribution in [2.24, 2.45) is 0 Å². The summed E-state index contributed by atoms with van der Waals surface area (Å²) in [6.07, 6.45) is 0. The monoisotopic (exact) mass is 395 g/mol. The van der Waals surface area contributed by atoms with Gasteiger partial charge in [-0.15, -0.1) is 10.2 Å². The molecular formula is C22H25N3O2S. The van der Waals surface area contributed by atoms with Crippen LogP contribution in [-0.2, 0) is 4.79 Å². The van der Waals surface area contributed by atoms with E-state index in [1.54, 1.807) is 0 Å². The lowest BCUT2D eigenvalue weighted by Gasteiger charge is -2.24. The lowest BCUT2D eigenvalue weighted by atomic mass is 10.1. The molecule has 0 aliphatic heterocycles. The minimum absolute atomic E-state index is 0.0483. The van der Waals surface area contributed by atoms with E-state index >= 15 is 0 Å². The van der Waals surface area contributed by atoms with Gasteiger partial charge in [0.25, 0.3) is 5.22 Å². The van der Waals surface area contributed by atoms with Gasteiger partial charge in [-0.1, -0.05) is 36.4 Å². The van der Waals surface area contributed by atoms with Gasteiger partial charge in [-0.05, 0) is 68.3 Å². The zero-order valence-corrected chi connectivity index (χ0v) is 17.5. The number of amides is 1. The van der Waals surface area contributed by atoms with Crippen molar-refractivity contribution in [2.45, 2.75) is 38.2 Å². The highest BCUT2D eigenvalue weighted by molar-refractivity contribution is 8.00. The molecule has 0 fully saturated rings. The van der Waals surface area contributed by atoms with Gasteiger partial charge in [0.15, 0.2) is 0 Å². The molecule has 0 aliphatic carbocycles. The molecule has 28 heavy (non-hydrogen) atoms. The molecule has 3 rings (SSSR count). The summed E-state index contributed by atoms with van der Waals surface area (Å²) in [7, 11) is 0. The van der Waals surface area contributed by atoms with Gasteiger partial charge >= 0.3 is 0 Å². The molecule has 0 unspecified atom stereocenters. The topological polar surface area (TPSA) is 59.2 Å². The number of carbonyl (C=O) groups excluding carboxylic acids is 1. The molecule has 0 bridgehead atoms. The van der Waals surface area contributed by atoms with E-state index in [0.717, 1.165) is 11.1 Å². The highest BCUT2D eigenvalue weighted by atomic mass is 32.2. The predicted molar refractivity (Wildman–Crippen MR) is 112 cm³/mol. The zero-order chi connectivity index (χ0) is 20.1. The Balaban J connectivity index is 1.88. The van der Waals surface area contributed by atoms with Crippen LogP contribution in [0.3, 0.4) is 0 Å². The van der Waals surface area contributed by atoms with Crippen LogP contribution in [0.1, 0.15) is 35.8 Å². The summed E-state index contributed by atoms with van der Waals surface area (Å²) in [6, 6.07) is 15.8. The highest BCUT2D eigenvalue weighted by Crippen LogP contribution is 2.37. The molecule has 1 heterocycles. The van der Waals surface area contributed by atoms with Crippen molar-refractivity contribution < 1.29 is 9.21 Å². The second-order valence-corrected chi connectivity index (χ2v) is 7.65. The first-order chi connectivity index (χ1) is 13.5. The quantitative estimate of drug-likeness (QED) is 0.524. The largest absolute Gasteiger partial charge is 0.411 e. The molecule has 2 aromatic carbocycles. The molecule has 1 aromatic heterocycles. The molecule has 0 spiro atoms. The third kappa shape index (κ3) is 4.44. The van der Waals surface area contributed by atoms with Gasteiger partial charge in [0.05, 0.1) is 0 Å². The summed E-state index contributed by atoms with van der Waals surface area (Å²) < 4.78 is 5.88. The van der Waals surface area contributed by atoms with E-state index in [2.05, 4.69) is 24.0 Å². The first kappa shape index (κ1) is 20.1. The minimum atomic E-state index is -0.422. The van der Waals surface area contributed by atoms with Crippen LogP contribution in [0.2, 0.25) is 0 Å². The Morgan fingerprint density at radius 2 is 1.75 bits per heavy atom. The first-order valence-corrected chi connectivity index (χ1v) is 10.3. The van der Waals surface area contributed by atoms with Crippen LogP contribution in [-0.4, -0.2) is 34.1 Å². The molecule has 1 amide bonds. The number of hydrogen-bond donors (Lipinski definition) is 0. The fourth-order valence-corrected chi connectivity index (χ4v) is 3.90. The fraction of sp³-hybridized carbons (Fsp3) is 0.318. The molecule has 0 aliphatic rings. The van der Waals surface area contributed by atoms with Crippen LogP contribution in [0.5, 0.6) is 0 Å². The van der Waals surface area contributed by atoms with Crippen LogP contribution in [0.4, 0.5) is 0 Å². The Morgan fingerprint density at radius 1 is 1.04 bits per heavy atom. The van der Waals surface area contributed by atoms with E-state index in [1.807, 2.05) is 67.3 Å². The smallest absolute Gasteiger partial charge is 0.277 e. The maximum atomic E-state index is 13.1. The number of benzene rings is 2. The van der Waals surface area contributed by atoms with Crippen molar-refractivity contribution in [2.75, 3.05) is 13.1 Å². The van der Waals surface area contributed by atoms with Crippen molar-refractivity contribution in [3.63, 3.8) is 0 Å². The van der Waals surface area contributed by atoms with E-state index in [0.29, 0.717) is 24.2 Å². The van der Waals surface area contributed by atoms with Crippen molar-refractivity contribution in [3.8, 4) is 11.5 Å². The Kier molecular flexibility index (Phi) is 6.52. The molecule has 0 saturated heterocycles. The molecule has 1 atom stereocenters. The zero-order valence-electron chi connectivity index (χ0n) is 16.7. The Bertz CT molecular complexity index is 936. The van der Waals surface area contributed by atoms with Gasteiger partial charge in [-0.3, -0.25) is 4.79 Å². The van der Waals surface area contributed by atoms with Crippen LogP contribution < -0.4 is 0 Å². The van der Waals surface area contributed by atoms with E-state index in [-0.39, 0.29) is 5.91 Å². The summed E-state index contributed by atoms with van der Waals surface area (Å²) in [5.74, 6) is 0.514. The van der Waals surface area contributed by atoms with Crippen LogP contribution in [0, 0.1) is 13.8 Å². The third-order valence-electron chi connectivity index (χ3n) is 4.78. The third-order valence-corrected chi connectivity index (χ3v) is 5.86. The molecular weight excluding hydrogens is 370 g/mol. The molecule has 146 valence electrons. The van der Waals surface area contributed by atoms with Gasteiger partial charge in [0.2, 0.25) is 11.8 Å². The summed E-state index contributed by atoms with van der Waals surface area (Å²) in [5, 5.41) is 8.33. The van der Waals surface area contributed by atoms with Crippen molar-refractivity contribution >= 4 is 17.7 Å². The molecule has 5 nitrogen and oxygen atoms in total. The second kappa shape index (κ2) is 9.06. The summed E-state index contributed by atoms with van der Waals surface area (Å²) in [5.41, 5.74) is 4.19. The summed E-state index contributed by atoms with van der Waals surface area (Å²) in [4.78, 5) is 14.9. The van der Waals surface area contributed by atoms with E-state index < -0.39 is 5.25 Å². The van der Waals surface area contributed by atoms with Gasteiger partial charge < -0.3 is 9.32 Å². The molecule has 3 aromatic rings. The molecule has 0 N–H and O–H groups in total. The lowest BCUT2D eigenvalue weighted by molar-refractivity contribution is -0.130. The Hall–Kier alpha value is -2.60. The van der Waals surface area contributed by atoms with E-state index in [4.69, 9.17) is 4.42 Å². The number of thioether (sulfide) groups is 1. The first-order valence-electron chi connectivity index (χ1n) is 9.45. The number of hydrogen-bond acceptors (Lipinski definition) is 5. The predicted octanol–water partition coefficient (Wildman–Crippen LogP) is 5.06. The van der Waals surface area contributed by atoms with Gasteiger partial charge in [0, 0.05) is 18.7 Å². The minimum Gasteiger partial charge on any atom is -0.411 e. The van der Waals surface area contributed by atoms with Gasteiger partial charge in [-0.25, -0.2) is 0 Å². The van der Waals surface area contributed by atoms with Crippen molar-refractivity contribution in [3.05, 3.63) is 65.2 Å². The van der Waals surface area contributed by atoms with Crippen molar-refractivity contribution in [1.29, 1.82) is 0 Å². The van der Waals surface area contributed by atoms with Crippen LogP contribution in [0.25, 0.3) is 11.5 Å². The van der Waals surface area contributed by atoms with Crippen molar-refractivity contribution in [1.82, 2.24) is 15.1 Å². The number of carbonyl (C=O) groups is 1. The van der Waals surface area contributed by atoms with Gasteiger partial charge in [-0.2, -0.15) is 0 Å². The molecule has 0 saturated carbocycles. The average molecular weight is 396 g/mol. The lowest BCUT2D eigenvalue weighted by Crippen LogP contribution is -2.33. The maximum Gasteiger partial charge on any atom is 0.277 e. The van der Waals surface area contributed by atoms with Crippen LogP contribution >= 0.6 is 11.8 Å². The number of likely N-dealkylation sites (N-methyl/N-ethyl adjacent to an activating group) is 1. The standard InChI is InChI=1S/C22H25N3O2S/c1-5-25(6-2)21(26)19(17-10-8-7-9-11-17)28-22-24-23-20(27-22)18-13-12-15(3)16(4)14-18/h7-14,19H,5-6H2,1-4H3/t19-/m1/s1. The Morgan fingerprint density at radius 3 is 2.39 bits per heavy atom. The van der Waals surface area contributed by atoms with E-state index in [9.17, 15) is 4.79 Å². The summed E-state index contributed by atoms with van der Waals surface area (Å²) >= 11 is 1.30. The van der Waals surface area contributed by atoms with E-state index in [1.165, 1.54) is 22.9 Å². The second-order valence-electron chi connectivity index (χ2n) is 6.59. The van der Waals surface area contributed by atoms with Crippen LogP contribution in [0.15, 0.2) is 58.2 Å². The maximum absolute atomic E-state index is 13.1. The Labute approximate surface area is 170 Å². The fourth-order valence-electron chi connectivity index (χ4n) is 2.94. The number of aryl methyl sites for hydroxylation is 2. The number of rotatable bonds is 7. The highest BCUT2D eigenvalue weighted by Gasteiger charge is 2.28.